The fourth-order valence-electron chi connectivity index (χ4n) is 2.87. The average molecular weight is 251 g/mol. The van der Waals surface area contributed by atoms with Crippen molar-refractivity contribution in [3.63, 3.8) is 0 Å². The lowest BCUT2D eigenvalue weighted by atomic mass is 9.78. The summed E-state index contributed by atoms with van der Waals surface area (Å²) >= 11 is 0. The van der Waals surface area contributed by atoms with Gasteiger partial charge >= 0.3 is 0 Å². The van der Waals surface area contributed by atoms with Gasteiger partial charge in [-0.1, -0.05) is 12.1 Å². The molecule has 19 heavy (non-hydrogen) atoms. The molecule has 0 saturated heterocycles. The highest BCUT2D eigenvalue weighted by molar-refractivity contribution is 5.90. The summed E-state index contributed by atoms with van der Waals surface area (Å²) in [6, 6.07) is 8.00. The Kier molecular flexibility index (Phi) is 1.86. The molecule has 4 rings (SSSR count). The van der Waals surface area contributed by atoms with Crippen LogP contribution in [-0.4, -0.2) is 10.8 Å². The summed E-state index contributed by atoms with van der Waals surface area (Å²) in [6.45, 7) is 2.13. The van der Waals surface area contributed by atoms with Crippen molar-refractivity contribution in [1.29, 1.82) is 0 Å². The Morgan fingerprint density at radius 2 is 2.16 bits per heavy atom. The van der Waals surface area contributed by atoms with Crippen molar-refractivity contribution in [3.8, 4) is 5.75 Å². The molecule has 0 aliphatic carbocycles. The molecule has 4 nitrogen and oxygen atoms in total. The van der Waals surface area contributed by atoms with Crippen molar-refractivity contribution in [2.45, 2.75) is 18.8 Å². The zero-order valence-corrected chi connectivity index (χ0v) is 10.6. The molecule has 0 saturated carbocycles. The van der Waals surface area contributed by atoms with Crippen LogP contribution in [0.3, 0.4) is 0 Å². The summed E-state index contributed by atoms with van der Waals surface area (Å²) < 4.78 is 6.03. The van der Waals surface area contributed by atoms with E-state index < -0.39 is 0 Å². The van der Waals surface area contributed by atoms with Gasteiger partial charge in [-0.25, -0.2) is 4.99 Å². The number of nitrogens with zero attached hydrogens (tertiary/aromatic N) is 2. The van der Waals surface area contributed by atoms with Crippen molar-refractivity contribution >= 4 is 16.7 Å². The van der Waals surface area contributed by atoms with Gasteiger partial charge in [-0.15, -0.1) is 0 Å². The normalized spacial score (nSPS) is 24.3. The first kappa shape index (κ1) is 10.6. The zero-order chi connectivity index (χ0) is 13.0. The zero-order valence-electron chi connectivity index (χ0n) is 10.6. The minimum Gasteiger partial charge on any atom is -0.458 e. The second kappa shape index (κ2) is 3.35. The van der Waals surface area contributed by atoms with Crippen LogP contribution < -0.4 is 10.5 Å². The highest BCUT2D eigenvalue weighted by atomic mass is 16.5. The Morgan fingerprint density at radius 3 is 3.05 bits per heavy atom. The standard InChI is InChI=1S/C15H13N3O/c1-15-6-13(16)18-8-12(15)19-14-9-4-2-3-5-11(9)17-7-10(14)15/h2-5,7-8H,6H2,1H3,(H2,16,18). The smallest absolute Gasteiger partial charge is 0.142 e. The molecule has 1 aromatic carbocycles. The third-order valence-corrected chi connectivity index (χ3v) is 3.96. The Hall–Kier alpha value is -2.36. The number of allylic oxidation sites excluding steroid dienone is 1. The number of aliphatic imine (C=N–C) groups is 1. The summed E-state index contributed by atoms with van der Waals surface area (Å²) in [5.41, 5.74) is 7.67. The Balaban J connectivity index is 2.02. The van der Waals surface area contributed by atoms with E-state index >= 15 is 0 Å². The maximum atomic E-state index is 6.03. The number of nitrogens with two attached hydrogens (primary N) is 1. The number of fused-ring (bicyclic) bond motifs is 5. The minimum atomic E-state index is -0.238. The summed E-state index contributed by atoms with van der Waals surface area (Å²) in [5, 5.41) is 1.04. The summed E-state index contributed by atoms with van der Waals surface area (Å²) in [7, 11) is 0. The molecule has 1 aromatic heterocycles. The lowest BCUT2D eigenvalue weighted by Crippen LogP contribution is -2.31. The fraction of sp³-hybridized carbons (Fsp3) is 0.200. The van der Waals surface area contributed by atoms with Crippen LogP contribution in [0.5, 0.6) is 5.75 Å². The van der Waals surface area contributed by atoms with E-state index in [-0.39, 0.29) is 5.41 Å². The fourth-order valence-corrected chi connectivity index (χ4v) is 2.87. The molecule has 0 radical (unpaired) electrons. The Morgan fingerprint density at radius 1 is 1.32 bits per heavy atom. The van der Waals surface area contributed by atoms with Gasteiger partial charge in [0, 0.05) is 23.6 Å². The molecule has 2 aliphatic heterocycles. The van der Waals surface area contributed by atoms with Crippen LogP contribution in [0.25, 0.3) is 10.9 Å². The van der Waals surface area contributed by atoms with Gasteiger partial charge < -0.3 is 10.5 Å². The van der Waals surface area contributed by atoms with Gasteiger partial charge in [-0.3, -0.25) is 4.98 Å². The quantitative estimate of drug-likeness (QED) is 0.782. The maximum Gasteiger partial charge on any atom is 0.142 e. The van der Waals surface area contributed by atoms with E-state index in [0.29, 0.717) is 12.3 Å². The van der Waals surface area contributed by atoms with Gasteiger partial charge in [-0.05, 0) is 19.1 Å². The van der Waals surface area contributed by atoms with Crippen molar-refractivity contribution in [1.82, 2.24) is 4.98 Å². The topological polar surface area (TPSA) is 60.5 Å². The molecule has 0 fully saturated rings. The first-order valence-electron chi connectivity index (χ1n) is 6.27. The SMILES string of the molecule is CC12CC(N)=NC=C1Oc1c2cnc2ccccc12. The summed E-state index contributed by atoms with van der Waals surface area (Å²) in [6.07, 6.45) is 4.30. The largest absolute Gasteiger partial charge is 0.458 e. The lowest BCUT2D eigenvalue weighted by molar-refractivity contribution is 0.380. The molecule has 0 amide bonds. The number of benzene rings is 1. The van der Waals surface area contributed by atoms with Gasteiger partial charge in [0.2, 0.25) is 0 Å². The second-order valence-electron chi connectivity index (χ2n) is 5.24. The van der Waals surface area contributed by atoms with E-state index in [1.54, 1.807) is 6.20 Å². The van der Waals surface area contributed by atoms with Gasteiger partial charge in [0.25, 0.3) is 0 Å². The van der Waals surface area contributed by atoms with Crippen LogP contribution in [0.1, 0.15) is 18.9 Å². The van der Waals surface area contributed by atoms with Gasteiger partial charge in [0.15, 0.2) is 0 Å². The van der Waals surface area contributed by atoms with E-state index in [0.717, 1.165) is 28.0 Å². The first-order chi connectivity index (χ1) is 9.18. The highest BCUT2D eigenvalue weighted by Crippen LogP contribution is 2.50. The maximum absolute atomic E-state index is 6.03. The molecule has 1 unspecified atom stereocenters. The van der Waals surface area contributed by atoms with E-state index in [1.807, 2.05) is 30.5 Å². The number of pyridine rings is 1. The molecule has 0 bridgehead atoms. The summed E-state index contributed by atoms with van der Waals surface area (Å²) in [4.78, 5) is 8.69. The van der Waals surface area contributed by atoms with E-state index in [9.17, 15) is 0 Å². The molecule has 0 spiro atoms. The van der Waals surface area contributed by atoms with Crippen LogP contribution >= 0.6 is 0 Å². The predicted octanol–water partition coefficient (Wildman–Crippen LogP) is 2.49. The third kappa shape index (κ3) is 1.28. The molecule has 2 aromatic rings. The third-order valence-electron chi connectivity index (χ3n) is 3.96. The van der Waals surface area contributed by atoms with Crippen LogP contribution in [0, 0.1) is 0 Å². The Bertz CT molecular complexity index is 763. The molecular weight excluding hydrogens is 238 g/mol. The number of amidine groups is 1. The molecule has 94 valence electrons. The van der Waals surface area contributed by atoms with Crippen molar-refractivity contribution in [2.24, 2.45) is 10.7 Å². The van der Waals surface area contributed by atoms with Crippen LogP contribution in [0.15, 0.2) is 47.4 Å². The van der Waals surface area contributed by atoms with Crippen LogP contribution in [-0.2, 0) is 5.41 Å². The molecule has 2 aliphatic rings. The van der Waals surface area contributed by atoms with Crippen LogP contribution in [0.4, 0.5) is 0 Å². The van der Waals surface area contributed by atoms with E-state index in [2.05, 4.69) is 16.9 Å². The van der Waals surface area contributed by atoms with Crippen molar-refractivity contribution in [3.05, 3.63) is 48.0 Å². The number of hydrogen-bond acceptors (Lipinski definition) is 4. The predicted molar refractivity (Wildman–Crippen MR) is 74.0 cm³/mol. The molecule has 1 atom stereocenters. The highest BCUT2D eigenvalue weighted by Gasteiger charge is 2.44. The van der Waals surface area contributed by atoms with E-state index in [1.165, 1.54) is 0 Å². The van der Waals surface area contributed by atoms with Crippen LogP contribution in [0.2, 0.25) is 0 Å². The first-order valence-corrected chi connectivity index (χ1v) is 6.27. The monoisotopic (exact) mass is 251 g/mol. The average Bonchev–Trinajstić information content (AvgIpc) is 2.71. The summed E-state index contributed by atoms with van der Waals surface area (Å²) in [5.74, 6) is 2.38. The molecular formula is C15H13N3O. The number of ether oxygens (including phenoxy) is 1. The second-order valence-corrected chi connectivity index (χ2v) is 5.24. The minimum absolute atomic E-state index is 0.238. The van der Waals surface area contributed by atoms with E-state index in [4.69, 9.17) is 10.5 Å². The molecule has 2 N–H and O–H groups in total. The number of para-hydroxylation sites is 1. The van der Waals surface area contributed by atoms with Gasteiger partial charge in [0.05, 0.1) is 17.1 Å². The lowest BCUT2D eigenvalue weighted by Gasteiger charge is -2.25. The number of aromatic nitrogens is 1. The number of hydrogen-bond donors (Lipinski definition) is 1. The Labute approximate surface area is 110 Å². The van der Waals surface area contributed by atoms with Gasteiger partial charge in [0.1, 0.15) is 17.3 Å². The molecule has 4 heteroatoms. The number of rotatable bonds is 0. The van der Waals surface area contributed by atoms with Gasteiger partial charge in [-0.2, -0.15) is 0 Å². The van der Waals surface area contributed by atoms with Crippen molar-refractivity contribution in [2.75, 3.05) is 0 Å². The van der Waals surface area contributed by atoms with Crippen molar-refractivity contribution < 1.29 is 4.74 Å². The molecule has 3 heterocycles.